The molecule has 1 aliphatic heterocycles. The number of hydrogen-bond acceptors (Lipinski definition) is 2. The summed E-state index contributed by atoms with van der Waals surface area (Å²) >= 11 is 0. The van der Waals surface area contributed by atoms with Crippen molar-refractivity contribution >= 4 is 5.69 Å². The van der Waals surface area contributed by atoms with Crippen molar-refractivity contribution in [2.24, 2.45) is 11.7 Å². The summed E-state index contributed by atoms with van der Waals surface area (Å²) in [4.78, 5) is 2.47. The third kappa shape index (κ3) is 2.81. The minimum absolute atomic E-state index is 0.0931. The summed E-state index contributed by atoms with van der Waals surface area (Å²) in [7, 11) is 0. The summed E-state index contributed by atoms with van der Waals surface area (Å²) in [5, 5.41) is 0. The zero-order chi connectivity index (χ0) is 12.5. The predicted molar refractivity (Wildman–Crippen MR) is 74.4 cm³/mol. The van der Waals surface area contributed by atoms with Crippen LogP contribution in [0.5, 0.6) is 0 Å². The average molecular weight is 232 g/mol. The van der Waals surface area contributed by atoms with E-state index in [0.29, 0.717) is 0 Å². The van der Waals surface area contributed by atoms with Crippen molar-refractivity contribution in [3.63, 3.8) is 0 Å². The summed E-state index contributed by atoms with van der Waals surface area (Å²) in [6, 6.07) is 8.74. The number of hydrogen-bond donors (Lipinski definition) is 1. The number of anilines is 1. The highest BCUT2D eigenvalue weighted by molar-refractivity contribution is 5.56. The molecule has 2 heteroatoms. The first-order valence-corrected chi connectivity index (χ1v) is 6.63. The normalized spacial score (nSPS) is 23.1. The third-order valence-electron chi connectivity index (χ3n) is 3.79. The molecule has 17 heavy (non-hydrogen) atoms. The molecule has 1 aliphatic rings. The van der Waals surface area contributed by atoms with Gasteiger partial charge in [0.2, 0.25) is 0 Å². The van der Waals surface area contributed by atoms with E-state index in [0.717, 1.165) is 25.4 Å². The van der Waals surface area contributed by atoms with Crippen molar-refractivity contribution in [2.45, 2.75) is 39.2 Å². The summed E-state index contributed by atoms with van der Waals surface area (Å²) in [5.74, 6) is 0.720. The fourth-order valence-corrected chi connectivity index (χ4v) is 2.60. The molecule has 1 aromatic carbocycles. The van der Waals surface area contributed by atoms with Gasteiger partial charge in [-0.05, 0) is 37.3 Å². The molecule has 2 nitrogen and oxygen atoms in total. The van der Waals surface area contributed by atoms with E-state index in [1.807, 2.05) is 0 Å². The van der Waals surface area contributed by atoms with Crippen LogP contribution in [-0.2, 0) is 6.42 Å². The van der Waals surface area contributed by atoms with E-state index in [2.05, 4.69) is 49.9 Å². The number of nitrogens with zero attached hydrogens (tertiary/aromatic N) is 1. The van der Waals surface area contributed by atoms with Crippen molar-refractivity contribution in [3.05, 3.63) is 29.8 Å². The van der Waals surface area contributed by atoms with Crippen molar-refractivity contribution in [1.82, 2.24) is 0 Å². The molecular weight excluding hydrogens is 208 g/mol. The number of fused-ring (bicyclic) bond motifs is 1. The second-order valence-electron chi connectivity index (χ2n) is 5.83. The second-order valence-corrected chi connectivity index (χ2v) is 5.83. The molecule has 94 valence electrons. The quantitative estimate of drug-likeness (QED) is 0.868. The molecule has 0 saturated heterocycles. The Morgan fingerprint density at radius 1 is 1.41 bits per heavy atom. The van der Waals surface area contributed by atoms with E-state index in [1.54, 1.807) is 0 Å². The lowest BCUT2D eigenvalue weighted by atomic mass is 9.91. The van der Waals surface area contributed by atoms with Crippen LogP contribution < -0.4 is 10.6 Å². The Bertz CT molecular complexity index is 384. The largest absolute Gasteiger partial charge is 0.369 e. The van der Waals surface area contributed by atoms with Gasteiger partial charge in [-0.1, -0.05) is 32.0 Å². The summed E-state index contributed by atoms with van der Waals surface area (Å²) in [6.07, 6.45) is 2.21. The molecule has 0 amide bonds. The molecule has 0 aliphatic carbocycles. The Labute approximate surface area is 105 Å². The standard InChI is InChI=1S/C15H24N2/c1-4-15(3,16)11-17-10-12(2)9-13-7-5-6-8-14(13)17/h5-8,12H,4,9-11,16H2,1-3H3. The average Bonchev–Trinajstić information content (AvgIpc) is 2.28. The highest BCUT2D eigenvalue weighted by Crippen LogP contribution is 2.30. The molecule has 0 radical (unpaired) electrons. The molecular formula is C15H24N2. The lowest BCUT2D eigenvalue weighted by Gasteiger charge is -2.39. The van der Waals surface area contributed by atoms with Crippen LogP contribution >= 0.6 is 0 Å². The Kier molecular flexibility index (Phi) is 3.43. The lowest BCUT2D eigenvalue weighted by Crippen LogP contribution is -2.50. The van der Waals surface area contributed by atoms with Crippen LogP contribution in [-0.4, -0.2) is 18.6 Å². The number of para-hydroxylation sites is 1. The van der Waals surface area contributed by atoms with Gasteiger partial charge in [-0.25, -0.2) is 0 Å². The van der Waals surface area contributed by atoms with Crippen molar-refractivity contribution in [2.75, 3.05) is 18.0 Å². The van der Waals surface area contributed by atoms with E-state index >= 15 is 0 Å². The first kappa shape index (κ1) is 12.4. The molecule has 0 spiro atoms. The molecule has 2 rings (SSSR count). The van der Waals surface area contributed by atoms with E-state index in [-0.39, 0.29) is 5.54 Å². The summed E-state index contributed by atoms with van der Waals surface area (Å²) in [5.41, 5.74) is 9.07. The van der Waals surface area contributed by atoms with Crippen molar-refractivity contribution in [3.8, 4) is 0 Å². The predicted octanol–water partition coefficient (Wildman–Crippen LogP) is 2.81. The topological polar surface area (TPSA) is 29.3 Å². The SMILES string of the molecule is CCC(C)(N)CN1CC(C)Cc2ccccc21. The van der Waals surface area contributed by atoms with E-state index < -0.39 is 0 Å². The summed E-state index contributed by atoms with van der Waals surface area (Å²) in [6.45, 7) is 8.71. The van der Waals surface area contributed by atoms with Gasteiger partial charge in [0.05, 0.1) is 0 Å². The zero-order valence-electron chi connectivity index (χ0n) is 11.2. The van der Waals surface area contributed by atoms with Gasteiger partial charge in [0, 0.05) is 24.3 Å². The van der Waals surface area contributed by atoms with Gasteiger partial charge in [0.25, 0.3) is 0 Å². The van der Waals surface area contributed by atoms with Gasteiger partial charge >= 0.3 is 0 Å². The highest BCUT2D eigenvalue weighted by atomic mass is 15.2. The van der Waals surface area contributed by atoms with Crippen LogP contribution in [0.2, 0.25) is 0 Å². The monoisotopic (exact) mass is 232 g/mol. The van der Waals surface area contributed by atoms with Gasteiger partial charge in [-0.2, -0.15) is 0 Å². The van der Waals surface area contributed by atoms with Crippen LogP contribution in [0, 0.1) is 5.92 Å². The smallest absolute Gasteiger partial charge is 0.0399 e. The van der Waals surface area contributed by atoms with Gasteiger partial charge in [0.15, 0.2) is 0 Å². The summed E-state index contributed by atoms with van der Waals surface area (Å²) < 4.78 is 0. The van der Waals surface area contributed by atoms with Crippen LogP contribution in [0.15, 0.2) is 24.3 Å². The number of rotatable bonds is 3. The molecule has 2 atom stereocenters. The molecule has 0 aromatic heterocycles. The van der Waals surface area contributed by atoms with Crippen LogP contribution in [0.3, 0.4) is 0 Å². The molecule has 1 heterocycles. The van der Waals surface area contributed by atoms with Crippen molar-refractivity contribution < 1.29 is 0 Å². The Morgan fingerprint density at radius 3 is 2.82 bits per heavy atom. The fourth-order valence-electron chi connectivity index (χ4n) is 2.60. The van der Waals surface area contributed by atoms with Gasteiger partial charge in [-0.3, -0.25) is 0 Å². The number of nitrogens with two attached hydrogens (primary N) is 1. The molecule has 2 N–H and O–H groups in total. The van der Waals surface area contributed by atoms with Crippen LogP contribution in [0.1, 0.15) is 32.8 Å². The zero-order valence-corrected chi connectivity index (χ0v) is 11.2. The minimum atomic E-state index is -0.0931. The minimum Gasteiger partial charge on any atom is -0.369 e. The van der Waals surface area contributed by atoms with Gasteiger partial charge < -0.3 is 10.6 Å². The van der Waals surface area contributed by atoms with Gasteiger partial charge in [0.1, 0.15) is 0 Å². The van der Waals surface area contributed by atoms with Crippen molar-refractivity contribution in [1.29, 1.82) is 0 Å². The lowest BCUT2D eigenvalue weighted by molar-refractivity contribution is 0.420. The van der Waals surface area contributed by atoms with Crippen LogP contribution in [0.25, 0.3) is 0 Å². The molecule has 1 aromatic rings. The van der Waals surface area contributed by atoms with E-state index in [1.165, 1.54) is 17.7 Å². The van der Waals surface area contributed by atoms with Crippen LogP contribution in [0.4, 0.5) is 5.69 Å². The molecule has 0 bridgehead atoms. The van der Waals surface area contributed by atoms with Gasteiger partial charge in [-0.15, -0.1) is 0 Å². The maximum absolute atomic E-state index is 6.31. The fraction of sp³-hybridized carbons (Fsp3) is 0.600. The Balaban J connectivity index is 2.24. The second kappa shape index (κ2) is 4.69. The third-order valence-corrected chi connectivity index (χ3v) is 3.79. The Hall–Kier alpha value is -1.02. The molecule has 0 fully saturated rings. The van der Waals surface area contributed by atoms with E-state index in [4.69, 9.17) is 5.73 Å². The molecule has 0 saturated carbocycles. The molecule has 2 unspecified atom stereocenters. The first-order valence-electron chi connectivity index (χ1n) is 6.63. The maximum Gasteiger partial charge on any atom is 0.0399 e. The van der Waals surface area contributed by atoms with E-state index in [9.17, 15) is 0 Å². The number of benzene rings is 1. The first-order chi connectivity index (χ1) is 8.02. The maximum atomic E-state index is 6.31. The highest BCUT2D eigenvalue weighted by Gasteiger charge is 2.26. The Morgan fingerprint density at radius 2 is 2.12 bits per heavy atom.